The van der Waals surface area contributed by atoms with Gasteiger partial charge in [0, 0.05) is 12.8 Å². The molecule has 324 valence electrons. The van der Waals surface area contributed by atoms with E-state index in [-0.39, 0.29) is 19.4 Å². The summed E-state index contributed by atoms with van der Waals surface area (Å²) in [6.07, 6.45) is 38.5. The zero-order chi connectivity index (χ0) is 40.7. The second kappa shape index (κ2) is 39.1. The largest absolute Gasteiger partial charge is 0.480 e. The fraction of sp³-hybridized carbons (Fsp3) is 0.884. The van der Waals surface area contributed by atoms with Crippen LogP contribution in [-0.2, 0) is 37.5 Å². The van der Waals surface area contributed by atoms with Crippen LogP contribution in [0.1, 0.15) is 213 Å². The lowest BCUT2D eigenvalue weighted by atomic mass is 10.0. The molecular weight excluding hydrogens is 721 g/mol. The van der Waals surface area contributed by atoms with Gasteiger partial charge in [0.05, 0.1) is 13.2 Å². The smallest absolute Gasteiger partial charge is 0.472 e. The van der Waals surface area contributed by atoms with Gasteiger partial charge < -0.3 is 25.2 Å². The van der Waals surface area contributed by atoms with Gasteiger partial charge in [0.1, 0.15) is 12.6 Å². The van der Waals surface area contributed by atoms with Crippen LogP contribution in [0.15, 0.2) is 12.2 Å². The molecule has 0 radical (unpaired) electrons. The predicted molar refractivity (Wildman–Crippen MR) is 222 cm³/mol. The summed E-state index contributed by atoms with van der Waals surface area (Å²) < 4.78 is 32.7. The molecule has 0 saturated heterocycles. The van der Waals surface area contributed by atoms with Crippen LogP contribution in [0, 0.1) is 0 Å². The number of phosphoric acid groups is 1. The molecule has 0 rings (SSSR count). The first-order valence-corrected chi connectivity index (χ1v) is 23.7. The molecule has 0 aliphatic rings. The van der Waals surface area contributed by atoms with Crippen molar-refractivity contribution >= 4 is 25.7 Å². The van der Waals surface area contributed by atoms with E-state index in [2.05, 4.69) is 30.5 Å². The van der Waals surface area contributed by atoms with Gasteiger partial charge in [-0.1, -0.05) is 174 Å². The Labute approximate surface area is 335 Å². The highest BCUT2D eigenvalue weighted by molar-refractivity contribution is 7.47. The molecule has 0 aromatic carbocycles. The molecule has 12 heteroatoms. The van der Waals surface area contributed by atoms with Crippen LogP contribution in [0.25, 0.3) is 0 Å². The topological polar surface area (TPSA) is 172 Å². The minimum atomic E-state index is -4.71. The zero-order valence-corrected chi connectivity index (χ0v) is 35.9. The third kappa shape index (κ3) is 38.9. The van der Waals surface area contributed by atoms with Gasteiger partial charge in [0.2, 0.25) is 0 Å². The number of allylic oxidation sites excluding steroid dienone is 2. The molecule has 0 saturated carbocycles. The number of carboxylic acid groups (broad SMARTS) is 1. The zero-order valence-electron chi connectivity index (χ0n) is 35.0. The van der Waals surface area contributed by atoms with E-state index in [1.165, 1.54) is 116 Å². The second-order valence-corrected chi connectivity index (χ2v) is 16.6. The van der Waals surface area contributed by atoms with Crippen molar-refractivity contribution in [1.29, 1.82) is 0 Å². The minimum absolute atomic E-state index is 0.155. The number of hydrogen-bond donors (Lipinski definition) is 3. The summed E-state index contributed by atoms with van der Waals surface area (Å²) >= 11 is 0. The van der Waals surface area contributed by atoms with Crippen LogP contribution >= 0.6 is 7.82 Å². The number of ether oxygens (including phenoxy) is 2. The maximum Gasteiger partial charge on any atom is 0.472 e. The van der Waals surface area contributed by atoms with E-state index >= 15 is 0 Å². The first kappa shape index (κ1) is 53.2. The van der Waals surface area contributed by atoms with Crippen LogP contribution in [-0.4, -0.2) is 59.9 Å². The Morgan fingerprint density at radius 1 is 0.545 bits per heavy atom. The van der Waals surface area contributed by atoms with Crippen LogP contribution in [0.2, 0.25) is 0 Å². The first-order valence-electron chi connectivity index (χ1n) is 22.2. The third-order valence-electron chi connectivity index (χ3n) is 9.76. The summed E-state index contributed by atoms with van der Waals surface area (Å²) in [5, 5.41) is 8.88. The second-order valence-electron chi connectivity index (χ2n) is 15.2. The molecule has 55 heavy (non-hydrogen) atoms. The van der Waals surface area contributed by atoms with Crippen LogP contribution in [0.3, 0.4) is 0 Å². The molecule has 0 aromatic rings. The van der Waals surface area contributed by atoms with Gasteiger partial charge in [-0.15, -0.1) is 0 Å². The van der Waals surface area contributed by atoms with Crippen molar-refractivity contribution in [2.75, 3.05) is 19.8 Å². The van der Waals surface area contributed by atoms with E-state index in [4.69, 9.17) is 24.8 Å². The Morgan fingerprint density at radius 2 is 0.909 bits per heavy atom. The van der Waals surface area contributed by atoms with E-state index in [0.29, 0.717) is 12.8 Å². The summed E-state index contributed by atoms with van der Waals surface area (Å²) in [6.45, 7) is 2.79. The highest BCUT2D eigenvalue weighted by atomic mass is 31.2. The number of esters is 2. The Balaban J connectivity index is 4.26. The average Bonchev–Trinajstić information content (AvgIpc) is 3.16. The molecule has 11 nitrogen and oxygen atoms in total. The van der Waals surface area contributed by atoms with Gasteiger partial charge in [-0.25, -0.2) is 4.57 Å². The van der Waals surface area contributed by atoms with Crippen molar-refractivity contribution in [3.05, 3.63) is 12.2 Å². The van der Waals surface area contributed by atoms with Gasteiger partial charge in [0.15, 0.2) is 6.10 Å². The Bertz CT molecular complexity index is 995. The molecular formula is C43H82NO10P. The standard InChI is InChI=1S/C43H82NO10P/c1-3-5-7-9-11-13-15-17-18-19-20-21-22-23-25-26-28-30-32-34-41(45)51-36-39(37-52-55(49,50)53-38-40(44)43(47)48)54-42(46)35-33-31-29-27-24-16-14-12-10-8-6-4-2/h12,14,39-40H,3-11,13,15-38,44H2,1-2H3,(H,47,48)(H,49,50)/b14-12-/t39-,40+/m1/s1. The van der Waals surface area contributed by atoms with Crippen LogP contribution in [0.4, 0.5) is 0 Å². The van der Waals surface area contributed by atoms with Crippen molar-refractivity contribution in [1.82, 2.24) is 0 Å². The summed E-state index contributed by atoms with van der Waals surface area (Å²) in [6, 6.07) is -1.52. The van der Waals surface area contributed by atoms with Gasteiger partial charge in [-0.3, -0.25) is 23.4 Å². The maximum absolute atomic E-state index is 12.6. The average molecular weight is 804 g/mol. The molecule has 4 N–H and O–H groups in total. The van der Waals surface area contributed by atoms with Crippen molar-refractivity contribution in [3.8, 4) is 0 Å². The molecule has 0 aliphatic carbocycles. The Kier molecular flexibility index (Phi) is 37.8. The van der Waals surface area contributed by atoms with Gasteiger partial charge >= 0.3 is 25.7 Å². The van der Waals surface area contributed by atoms with Gasteiger partial charge in [0.25, 0.3) is 0 Å². The van der Waals surface area contributed by atoms with E-state index in [1.807, 2.05) is 0 Å². The molecule has 0 aliphatic heterocycles. The lowest BCUT2D eigenvalue weighted by Gasteiger charge is -2.20. The molecule has 1 unspecified atom stereocenters. The minimum Gasteiger partial charge on any atom is -0.480 e. The lowest BCUT2D eigenvalue weighted by molar-refractivity contribution is -0.161. The predicted octanol–water partition coefficient (Wildman–Crippen LogP) is 11.7. The fourth-order valence-electron chi connectivity index (χ4n) is 6.24. The number of aliphatic carboxylic acids is 1. The SMILES string of the molecule is CCCCC/C=C\CCCCCCCC(=O)O[C@H](COC(=O)CCCCCCCCCCCCCCCCCCCCC)COP(=O)(O)OC[C@H](N)C(=O)O. The van der Waals surface area contributed by atoms with Crippen molar-refractivity contribution in [3.63, 3.8) is 0 Å². The number of unbranched alkanes of at least 4 members (excludes halogenated alkanes) is 26. The number of rotatable bonds is 42. The first-order chi connectivity index (χ1) is 26.6. The number of carboxylic acids is 1. The Morgan fingerprint density at radius 3 is 1.36 bits per heavy atom. The molecule has 0 heterocycles. The van der Waals surface area contributed by atoms with Gasteiger partial charge in [-0.2, -0.15) is 0 Å². The van der Waals surface area contributed by atoms with Crippen LogP contribution in [0.5, 0.6) is 0 Å². The highest BCUT2D eigenvalue weighted by Gasteiger charge is 2.28. The molecule has 0 fully saturated rings. The molecule has 0 bridgehead atoms. The summed E-state index contributed by atoms with van der Waals surface area (Å²) in [7, 11) is -4.71. The maximum atomic E-state index is 12.6. The fourth-order valence-corrected chi connectivity index (χ4v) is 7.02. The van der Waals surface area contributed by atoms with Crippen molar-refractivity contribution < 1.29 is 47.5 Å². The quantitative estimate of drug-likeness (QED) is 0.0232. The van der Waals surface area contributed by atoms with Crippen molar-refractivity contribution in [2.24, 2.45) is 5.73 Å². The number of hydrogen-bond acceptors (Lipinski definition) is 9. The number of nitrogens with two attached hydrogens (primary N) is 1. The number of carbonyl (C=O) groups excluding carboxylic acids is 2. The molecule has 3 atom stereocenters. The summed E-state index contributed by atoms with van der Waals surface area (Å²) in [5.74, 6) is -2.38. The van der Waals surface area contributed by atoms with E-state index in [9.17, 15) is 23.8 Å². The Hall–Kier alpha value is -1.78. The van der Waals surface area contributed by atoms with E-state index in [0.717, 1.165) is 57.8 Å². The van der Waals surface area contributed by atoms with Gasteiger partial charge in [-0.05, 0) is 38.5 Å². The third-order valence-corrected chi connectivity index (χ3v) is 10.7. The van der Waals surface area contributed by atoms with Crippen LogP contribution < -0.4 is 5.73 Å². The number of phosphoric ester groups is 1. The monoisotopic (exact) mass is 804 g/mol. The van der Waals surface area contributed by atoms with E-state index in [1.54, 1.807) is 0 Å². The summed E-state index contributed by atoms with van der Waals surface area (Å²) in [5.41, 5.74) is 5.33. The molecule has 0 spiro atoms. The lowest BCUT2D eigenvalue weighted by Crippen LogP contribution is -2.34. The normalized spacial score (nSPS) is 13.8. The van der Waals surface area contributed by atoms with Crippen molar-refractivity contribution in [2.45, 2.75) is 225 Å². The summed E-state index contributed by atoms with van der Waals surface area (Å²) in [4.78, 5) is 45.9. The number of carbonyl (C=O) groups is 3. The molecule has 0 aromatic heterocycles. The van der Waals surface area contributed by atoms with E-state index < -0.39 is 51.1 Å². The highest BCUT2D eigenvalue weighted by Crippen LogP contribution is 2.43. The molecule has 0 amide bonds.